The first kappa shape index (κ1) is 10.4. The molecule has 2 rings (SSSR count). The molecular formula is C10H13NO3S. The normalized spacial score (nSPS) is 23.9. The van der Waals surface area contributed by atoms with Crippen LogP contribution in [0.1, 0.15) is 18.0 Å². The summed E-state index contributed by atoms with van der Waals surface area (Å²) in [6, 6.07) is 7.36. The lowest BCUT2D eigenvalue weighted by Crippen LogP contribution is -2.19. The maximum absolute atomic E-state index is 11.2. The molecule has 0 amide bonds. The van der Waals surface area contributed by atoms with Crippen LogP contribution in [0.5, 0.6) is 5.75 Å². The minimum atomic E-state index is -3.05. The molecule has 1 aliphatic heterocycles. The van der Waals surface area contributed by atoms with Crippen molar-refractivity contribution in [3.8, 4) is 5.75 Å². The maximum Gasteiger partial charge on any atom is 0.212 e. The van der Waals surface area contributed by atoms with Gasteiger partial charge in [0.2, 0.25) is 10.0 Å². The molecule has 1 aliphatic rings. The van der Waals surface area contributed by atoms with Crippen molar-refractivity contribution in [3.05, 3.63) is 29.8 Å². The largest absolute Gasteiger partial charge is 0.497 e. The highest BCUT2D eigenvalue weighted by atomic mass is 32.2. The Morgan fingerprint density at radius 2 is 2.27 bits per heavy atom. The van der Waals surface area contributed by atoms with E-state index in [2.05, 4.69) is 4.72 Å². The van der Waals surface area contributed by atoms with E-state index in [1.54, 1.807) is 7.11 Å². The second kappa shape index (κ2) is 3.83. The van der Waals surface area contributed by atoms with Crippen molar-refractivity contribution in [3.63, 3.8) is 0 Å². The van der Waals surface area contributed by atoms with Crippen LogP contribution >= 0.6 is 0 Å². The molecule has 0 radical (unpaired) electrons. The summed E-state index contributed by atoms with van der Waals surface area (Å²) >= 11 is 0. The fourth-order valence-corrected chi connectivity index (χ4v) is 3.05. The standard InChI is InChI=1S/C10H13NO3S/c1-14-9-4-2-3-8(7-9)10-5-6-15(12,13)11-10/h2-4,7,10-11H,5-6H2,1H3. The number of rotatable bonds is 2. The Balaban J connectivity index is 2.24. The zero-order chi connectivity index (χ0) is 10.9. The van der Waals surface area contributed by atoms with Gasteiger partial charge in [-0.3, -0.25) is 0 Å². The molecule has 15 heavy (non-hydrogen) atoms. The molecule has 1 atom stereocenters. The number of hydrogen-bond acceptors (Lipinski definition) is 3. The van der Waals surface area contributed by atoms with Crippen LogP contribution in [0.15, 0.2) is 24.3 Å². The van der Waals surface area contributed by atoms with E-state index in [-0.39, 0.29) is 11.8 Å². The van der Waals surface area contributed by atoms with Gasteiger partial charge in [0.1, 0.15) is 5.75 Å². The Labute approximate surface area is 89.3 Å². The molecule has 1 aromatic carbocycles. The third-order valence-electron chi connectivity index (χ3n) is 2.49. The molecule has 0 spiro atoms. The fraction of sp³-hybridized carbons (Fsp3) is 0.400. The van der Waals surface area contributed by atoms with E-state index in [9.17, 15) is 8.42 Å². The monoisotopic (exact) mass is 227 g/mol. The van der Waals surface area contributed by atoms with E-state index in [1.165, 1.54) is 0 Å². The molecular weight excluding hydrogens is 214 g/mol. The van der Waals surface area contributed by atoms with Crippen molar-refractivity contribution >= 4 is 10.0 Å². The summed E-state index contributed by atoms with van der Waals surface area (Å²) in [6.45, 7) is 0. The van der Waals surface area contributed by atoms with Crippen LogP contribution in [0.3, 0.4) is 0 Å². The summed E-state index contributed by atoms with van der Waals surface area (Å²) in [5.41, 5.74) is 0.954. The Morgan fingerprint density at radius 3 is 2.87 bits per heavy atom. The summed E-state index contributed by atoms with van der Waals surface area (Å²) in [5, 5.41) is 0. The molecule has 0 aliphatic carbocycles. The number of hydrogen-bond donors (Lipinski definition) is 1. The highest BCUT2D eigenvalue weighted by Gasteiger charge is 2.27. The van der Waals surface area contributed by atoms with Gasteiger partial charge in [-0.1, -0.05) is 12.1 Å². The predicted molar refractivity (Wildman–Crippen MR) is 57.3 cm³/mol. The average molecular weight is 227 g/mol. The SMILES string of the molecule is COc1cccc(C2CCS(=O)(=O)N2)c1. The second-order valence-electron chi connectivity index (χ2n) is 3.55. The molecule has 82 valence electrons. The first-order valence-electron chi connectivity index (χ1n) is 4.75. The van der Waals surface area contributed by atoms with Gasteiger partial charge in [0.05, 0.1) is 12.9 Å². The van der Waals surface area contributed by atoms with Gasteiger partial charge in [-0.2, -0.15) is 0 Å². The van der Waals surface area contributed by atoms with Gasteiger partial charge in [-0.15, -0.1) is 0 Å². The second-order valence-corrected chi connectivity index (χ2v) is 5.43. The van der Waals surface area contributed by atoms with Crippen LogP contribution in [-0.2, 0) is 10.0 Å². The molecule has 1 saturated heterocycles. The quantitative estimate of drug-likeness (QED) is 0.822. The van der Waals surface area contributed by atoms with Crippen molar-refractivity contribution in [1.82, 2.24) is 4.72 Å². The smallest absolute Gasteiger partial charge is 0.212 e. The van der Waals surface area contributed by atoms with Gasteiger partial charge >= 0.3 is 0 Å². The molecule has 5 heteroatoms. The zero-order valence-corrected chi connectivity index (χ0v) is 9.25. The third-order valence-corrected chi connectivity index (χ3v) is 3.91. The summed E-state index contributed by atoms with van der Waals surface area (Å²) in [6.07, 6.45) is 0.621. The van der Waals surface area contributed by atoms with Gasteiger partial charge in [0, 0.05) is 6.04 Å². The summed E-state index contributed by atoms with van der Waals surface area (Å²) in [5.74, 6) is 0.952. The van der Waals surface area contributed by atoms with E-state index < -0.39 is 10.0 Å². The van der Waals surface area contributed by atoms with Crippen molar-refractivity contribution in [2.24, 2.45) is 0 Å². The van der Waals surface area contributed by atoms with Crippen LogP contribution in [0, 0.1) is 0 Å². The van der Waals surface area contributed by atoms with E-state index in [0.717, 1.165) is 11.3 Å². The van der Waals surface area contributed by atoms with Crippen LogP contribution < -0.4 is 9.46 Å². The summed E-state index contributed by atoms with van der Waals surface area (Å²) in [4.78, 5) is 0. The van der Waals surface area contributed by atoms with Gasteiger partial charge in [0.15, 0.2) is 0 Å². The highest BCUT2D eigenvalue weighted by molar-refractivity contribution is 7.89. The molecule has 1 heterocycles. The third kappa shape index (κ3) is 2.30. The van der Waals surface area contributed by atoms with Crippen LogP contribution in [0.25, 0.3) is 0 Å². The fourth-order valence-electron chi connectivity index (χ4n) is 1.70. The number of ether oxygens (including phenoxy) is 1. The first-order chi connectivity index (χ1) is 7.11. The van der Waals surface area contributed by atoms with Crippen LogP contribution in [-0.4, -0.2) is 21.3 Å². The van der Waals surface area contributed by atoms with Gasteiger partial charge in [-0.05, 0) is 24.1 Å². The molecule has 0 bridgehead atoms. The minimum absolute atomic E-state index is 0.106. The summed E-state index contributed by atoms with van der Waals surface area (Å²) < 4.78 is 30.2. The van der Waals surface area contributed by atoms with Crippen LogP contribution in [0.4, 0.5) is 0 Å². The Bertz CT molecular complexity index is 455. The lowest BCUT2D eigenvalue weighted by atomic mass is 10.1. The molecule has 1 N–H and O–H groups in total. The zero-order valence-electron chi connectivity index (χ0n) is 8.43. The van der Waals surface area contributed by atoms with Crippen molar-refractivity contribution in [2.45, 2.75) is 12.5 Å². The lowest BCUT2D eigenvalue weighted by Gasteiger charge is -2.10. The van der Waals surface area contributed by atoms with E-state index in [0.29, 0.717) is 6.42 Å². The molecule has 1 aromatic rings. The molecule has 0 aromatic heterocycles. The Kier molecular flexibility index (Phi) is 2.67. The van der Waals surface area contributed by atoms with Crippen molar-refractivity contribution in [2.75, 3.05) is 12.9 Å². The van der Waals surface area contributed by atoms with Gasteiger partial charge in [-0.25, -0.2) is 13.1 Å². The van der Waals surface area contributed by atoms with E-state index >= 15 is 0 Å². The number of nitrogens with one attached hydrogen (secondary N) is 1. The van der Waals surface area contributed by atoms with E-state index in [1.807, 2.05) is 24.3 Å². The number of benzene rings is 1. The minimum Gasteiger partial charge on any atom is -0.497 e. The first-order valence-corrected chi connectivity index (χ1v) is 6.40. The molecule has 1 unspecified atom stereocenters. The maximum atomic E-state index is 11.2. The molecule has 0 saturated carbocycles. The van der Waals surface area contributed by atoms with Gasteiger partial charge < -0.3 is 4.74 Å². The lowest BCUT2D eigenvalue weighted by molar-refractivity contribution is 0.413. The Morgan fingerprint density at radius 1 is 1.47 bits per heavy atom. The van der Waals surface area contributed by atoms with Crippen molar-refractivity contribution < 1.29 is 13.2 Å². The highest BCUT2D eigenvalue weighted by Crippen LogP contribution is 2.26. The van der Waals surface area contributed by atoms with Crippen LogP contribution in [0.2, 0.25) is 0 Å². The number of methoxy groups -OCH3 is 1. The van der Waals surface area contributed by atoms with E-state index in [4.69, 9.17) is 4.74 Å². The molecule has 4 nitrogen and oxygen atoms in total. The summed E-state index contributed by atoms with van der Waals surface area (Å²) in [7, 11) is -1.46. The average Bonchev–Trinajstić information content (AvgIpc) is 2.59. The predicted octanol–water partition coefficient (Wildman–Crippen LogP) is 1.06. The molecule has 1 fully saturated rings. The number of sulfonamides is 1. The van der Waals surface area contributed by atoms with Gasteiger partial charge in [0.25, 0.3) is 0 Å². The topological polar surface area (TPSA) is 55.4 Å². The van der Waals surface area contributed by atoms with Crippen molar-refractivity contribution in [1.29, 1.82) is 0 Å². The Hall–Kier alpha value is -1.07.